The summed E-state index contributed by atoms with van der Waals surface area (Å²) in [5.74, 6) is 1.97. The van der Waals surface area contributed by atoms with Crippen molar-refractivity contribution in [1.29, 1.82) is 0 Å². The van der Waals surface area contributed by atoms with Crippen molar-refractivity contribution in [2.24, 2.45) is 0 Å². The summed E-state index contributed by atoms with van der Waals surface area (Å²) in [7, 11) is 0. The second-order valence-electron chi connectivity index (χ2n) is 9.27. The maximum absolute atomic E-state index is 11.9. The maximum Gasteiger partial charge on any atom is 0.173 e. The standard InChI is InChI=1S/C33H27Br3O6/c34-16-31(37)25-1-7-28(8-2-25)40-19-22-13-23(20-41-29-9-3-26(4-10-29)32(38)17-35)15-24(14-22)21-42-30-11-5-27(6-12-30)33(39)18-36/h1-15H,16-21H2. The highest BCUT2D eigenvalue weighted by molar-refractivity contribution is 9.09. The van der Waals surface area contributed by atoms with E-state index in [9.17, 15) is 14.4 Å². The number of alkyl halides is 3. The third-order valence-corrected chi connectivity index (χ3v) is 7.75. The molecule has 0 amide bonds. The molecule has 216 valence electrons. The lowest BCUT2D eigenvalue weighted by Gasteiger charge is -2.14. The number of hydrogen-bond donors (Lipinski definition) is 0. The quantitative estimate of drug-likeness (QED) is 0.0900. The number of ketones is 3. The topological polar surface area (TPSA) is 78.9 Å². The molecule has 0 aliphatic heterocycles. The van der Waals surface area contributed by atoms with Gasteiger partial charge in [-0.15, -0.1) is 0 Å². The van der Waals surface area contributed by atoms with Crippen LogP contribution in [0.2, 0.25) is 0 Å². The maximum atomic E-state index is 11.9. The van der Waals surface area contributed by atoms with E-state index in [-0.39, 0.29) is 33.3 Å². The first-order valence-corrected chi connectivity index (χ1v) is 16.3. The fraction of sp³-hybridized carbons (Fsp3) is 0.182. The van der Waals surface area contributed by atoms with Crippen LogP contribution in [0.1, 0.15) is 47.8 Å². The fourth-order valence-electron chi connectivity index (χ4n) is 4.03. The first-order chi connectivity index (χ1) is 20.4. The molecule has 0 atom stereocenters. The largest absolute Gasteiger partial charge is 0.489 e. The molecule has 0 radical (unpaired) electrons. The van der Waals surface area contributed by atoms with E-state index in [1.165, 1.54) is 0 Å². The van der Waals surface area contributed by atoms with Gasteiger partial charge in [0.2, 0.25) is 0 Å². The van der Waals surface area contributed by atoms with Gasteiger partial charge in [-0.2, -0.15) is 0 Å². The number of Topliss-reactive ketones (excluding diaryl/α,β-unsaturated/α-hetero) is 3. The van der Waals surface area contributed by atoms with Crippen LogP contribution in [-0.2, 0) is 19.8 Å². The number of halogens is 3. The Labute approximate surface area is 269 Å². The van der Waals surface area contributed by atoms with E-state index in [0.717, 1.165) is 16.7 Å². The molecule has 4 aromatic carbocycles. The van der Waals surface area contributed by atoms with Crippen LogP contribution in [0.3, 0.4) is 0 Å². The van der Waals surface area contributed by atoms with Crippen LogP contribution < -0.4 is 14.2 Å². The minimum Gasteiger partial charge on any atom is -0.489 e. The molecule has 4 aromatic rings. The molecule has 0 spiro atoms. The molecule has 0 unspecified atom stereocenters. The highest BCUT2D eigenvalue weighted by Gasteiger charge is 2.09. The van der Waals surface area contributed by atoms with Gasteiger partial charge < -0.3 is 14.2 Å². The molecule has 0 aliphatic rings. The van der Waals surface area contributed by atoms with Crippen molar-refractivity contribution in [3.8, 4) is 17.2 Å². The van der Waals surface area contributed by atoms with Gasteiger partial charge in [-0.1, -0.05) is 47.8 Å². The molecule has 0 N–H and O–H groups in total. The summed E-state index contributed by atoms with van der Waals surface area (Å²) in [6.45, 7) is 0.915. The van der Waals surface area contributed by atoms with E-state index in [1.54, 1.807) is 72.8 Å². The van der Waals surface area contributed by atoms with Crippen molar-refractivity contribution in [3.05, 3.63) is 124 Å². The molecule has 42 heavy (non-hydrogen) atoms. The number of hydrogen-bond acceptors (Lipinski definition) is 6. The summed E-state index contributed by atoms with van der Waals surface area (Å²) in [6, 6.07) is 27.2. The van der Waals surface area contributed by atoms with Crippen LogP contribution in [0, 0.1) is 0 Å². The Morgan fingerprint density at radius 2 is 0.667 bits per heavy atom. The molecule has 0 bridgehead atoms. The van der Waals surface area contributed by atoms with E-state index in [4.69, 9.17) is 14.2 Å². The summed E-state index contributed by atoms with van der Waals surface area (Å²) in [6.07, 6.45) is 0. The molecule has 0 heterocycles. The number of carbonyl (C=O) groups excluding carboxylic acids is 3. The molecule has 0 aromatic heterocycles. The third-order valence-electron chi connectivity index (χ3n) is 6.22. The second kappa shape index (κ2) is 15.8. The summed E-state index contributed by atoms with van der Waals surface area (Å²) >= 11 is 9.58. The average molecular weight is 759 g/mol. The molecule has 0 aliphatic carbocycles. The summed E-state index contributed by atoms with van der Waals surface area (Å²) in [5, 5.41) is 0.807. The first-order valence-electron chi connectivity index (χ1n) is 13.0. The minimum atomic E-state index is 0.00705. The van der Waals surface area contributed by atoms with Crippen molar-refractivity contribution in [2.45, 2.75) is 19.8 Å². The molecule has 0 saturated heterocycles. The Morgan fingerprint density at radius 1 is 0.429 bits per heavy atom. The molecular formula is C33H27Br3O6. The predicted molar refractivity (Wildman–Crippen MR) is 173 cm³/mol. The van der Waals surface area contributed by atoms with E-state index >= 15 is 0 Å². The van der Waals surface area contributed by atoms with Gasteiger partial charge in [0.15, 0.2) is 17.3 Å². The fourth-order valence-corrected chi connectivity index (χ4v) is 5.00. The smallest absolute Gasteiger partial charge is 0.173 e. The summed E-state index contributed by atoms with van der Waals surface area (Å²) in [4.78, 5) is 35.6. The lowest BCUT2D eigenvalue weighted by Crippen LogP contribution is -2.05. The van der Waals surface area contributed by atoms with Gasteiger partial charge in [0.1, 0.15) is 37.1 Å². The first kappa shape index (κ1) is 31.7. The summed E-state index contributed by atoms with van der Waals surface area (Å²) in [5.41, 5.74) is 4.62. The molecule has 9 heteroatoms. The van der Waals surface area contributed by atoms with E-state index in [1.807, 2.05) is 18.2 Å². The summed E-state index contributed by atoms with van der Waals surface area (Å²) < 4.78 is 18.0. The van der Waals surface area contributed by atoms with Gasteiger partial charge in [-0.3, -0.25) is 14.4 Å². The van der Waals surface area contributed by atoms with Crippen molar-refractivity contribution < 1.29 is 28.6 Å². The molecule has 6 nitrogen and oxygen atoms in total. The Hall–Kier alpha value is -3.27. The SMILES string of the molecule is O=C(CBr)c1ccc(OCc2cc(COc3ccc(C(=O)CBr)cc3)cc(COc3ccc(C(=O)CBr)cc3)c2)cc1. The molecule has 0 saturated carbocycles. The number of benzene rings is 4. The van der Waals surface area contributed by atoms with Gasteiger partial charge in [0.05, 0.1) is 16.0 Å². The van der Waals surface area contributed by atoms with Crippen LogP contribution in [-0.4, -0.2) is 33.3 Å². The predicted octanol–water partition coefficient (Wildman–Crippen LogP) is 8.16. The van der Waals surface area contributed by atoms with Crippen molar-refractivity contribution >= 4 is 65.1 Å². The van der Waals surface area contributed by atoms with Gasteiger partial charge in [-0.05, 0) is 108 Å². The van der Waals surface area contributed by atoms with Crippen LogP contribution in [0.5, 0.6) is 17.2 Å². The van der Waals surface area contributed by atoms with Gasteiger partial charge in [-0.25, -0.2) is 0 Å². The van der Waals surface area contributed by atoms with Gasteiger partial charge >= 0.3 is 0 Å². The monoisotopic (exact) mass is 756 g/mol. The average Bonchev–Trinajstić information content (AvgIpc) is 3.05. The zero-order valence-electron chi connectivity index (χ0n) is 22.5. The lowest BCUT2D eigenvalue weighted by atomic mass is 10.1. The number of ether oxygens (including phenoxy) is 3. The third kappa shape index (κ3) is 9.11. The Bertz CT molecular complexity index is 1320. The molecule has 0 fully saturated rings. The Kier molecular flexibility index (Phi) is 11.9. The van der Waals surface area contributed by atoms with Crippen LogP contribution >= 0.6 is 47.8 Å². The number of carbonyl (C=O) groups is 3. The minimum absolute atomic E-state index is 0.00705. The molecular weight excluding hydrogens is 732 g/mol. The highest BCUT2D eigenvalue weighted by atomic mass is 79.9. The second-order valence-corrected chi connectivity index (χ2v) is 10.9. The van der Waals surface area contributed by atoms with Crippen LogP contribution in [0.4, 0.5) is 0 Å². The van der Waals surface area contributed by atoms with E-state index < -0.39 is 0 Å². The highest BCUT2D eigenvalue weighted by Crippen LogP contribution is 2.21. The van der Waals surface area contributed by atoms with Crippen molar-refractivity contribution in [2.75, 3.05) is 16.0 Å². The molecule has 4 rings (SSSR count). The number of rotatable bonds is 15. The zero-order valence-corrected chi connectivity index (χ0v) is 27.2. The Morgan fingerprint density at radius 3 is 0.881 bits per heavy atom. The normalized spacial score (nSPS) is 10.6. The van der Waals surface area contributed by atoms with Gasteiger partial charge in [0, 0.05) is 16.7 Å². The van der Waals surface area contributed by atoms with E-state index in [2.05, 4.69) is 47.8 Å². The van der Waals surface area contributed by atoms with Gasteiger partial charge in [0.25, 0.3) is 0 Å². The van der Waals surface area contributed by atoms with Crippen LogP contribution in [0.15, 0.2) is 91.0 Å². The van der Waals surface area contributed by atoms with E-state index in [0.29, 0.717) is 53.8 Å². The zero-order chi connectivity index (χ0) is 29.9. The van der Waals surface area contributed by atoms with Crippen LogP contribution in [0.25, 0.3) is 0 Å². The lowest BCUT2D eigenvalue weighted by molar-refractivity contribution is 0.101. The van der Waals surface area contributed by atoms with Crippen molar-refractivity contribution in [1.82, 2.24) is 0 Å². The van der Waals surface area contributed by atoms with Crippen molar-refractivity contribution in [3.63, 3.8) is 0 Å². The Balaban J connectivity index is 1.47.